The number of carbonyl (C=O) groups is 1. The molecule has 1 aromatic rings. The minimum atomic E-state index is -0.166. The standard InChI is InChI=1S/C11H13BrN2O2/c1-16-11(15)10-3-2-6-14(10)9-4-5-13-7-8(9)12/h4-5,7,10H,2-3,6H2,1H3. The molecule has 0 spiro atoms. The van der Waals surface area contributed by atoms with Gasteiger partial charge in [0.1, 0.15) is 6.04 Å². The lowest BCUT2D eigenvalue weighted by Crippen LogP contribution is -2.37. The van der Waals surface area contributed by atoms with E-state index in [1.54, 1.807) is 12.4 Å². The third-order valence-electron chi connectivity index (χ3n) is 2.79. The zero-order valence-corrected chi connectivity index (χ0v) is 10.6. The van der Waals surface area contributed by atoms with Crippen molar-refractivity contribution < 1.29 is 9.53 Å². The number of anilines is 1. The van der Waals surface area contributed by atoms with Crippen LogP contribution >= 0.6 is 15.9 Å². The van der Waals surface area contributed by atoms with E-state index < -0.39 is 0 Å². The second-order valence-corrected chi connectivity index (χ2v) is 4.56. The van der Waals surface area contributed by atoms with Gasteiger partial charge in [0.25, 0.3) is 0 Å². The second-order valence-electron chi connectivity index (χ2n) is 3.70. The van der Waals surface area contributed by atoms with Gasteiger partial charge in [0.15, 0.2) is 0 Å². The van der Waals surface area contributed by atoms with Crippen LogP contribution in [0.3, 0.4) is 0 Å². The number of methoxy groups -OCH3 is 1. The number of ether oxygens (including phenoxy) is 1. The Labute approximate surface area is 103 Å². The molecule has 1 fully saturated rings. The number of nitrogens with zero attached hydrogens (tertiary/aromatic N) is 2. The maximum absolute atomic E-state index is 11.6. The summed E-state index contributed by atoms with van der Waals surface area (Å²) in [6.45, 7) is 0.877. The number of hydrogen-bond acceptors (Lipinski definition) is 4. The Balaban J connectivity index is 2.27. The lowest BCUT2D eigenvalue weighted by Gasteiger charge is -2.25. The van der Waals surface area contributed by atoms with Gasteiger partial charge in [0, 0.05) is 18.9 Å². The predicted molar refractivity (Wildman–Crippen MR) is 64.3 cm³/mol. The molecule has 1 aromatic heterocycles. The Bertz CT molecular complexity index is 397. The van der Waals surface area contributed by atoms with Gasteiger partial charge in [-0.25, -0.2) is 4.79 Å². The van der Waals surface area contributed by atoms with Gasteiger partial charge in [0.05, 0.1) is 17.3 Å². The Morgan fingerprint density at radius 2 is 2.50 bits per heavy atom. The van der Waals surface area contributed by atoms with Gasteiger partial charge in [-0.2, -0.15) is 0 Å². The van der Waals surface area contributed by atoms with Crippen LogP contribution in [0, 0.1) is 0 Å². The third kappa shape index (κ3) is 2.04. The van der Waals surface area contributed by atoms with Crippen LogP contribution in [-0.4, -0.2) is 30.6 Å². The molecule has 0 radical (unpaired) electrons. The van der Waals surface area contributed by atoms with E-state index in [1.807, 2.05) is 6.07 Å². The summed E-state index contributed by atoms with van der Waals surface area (Å²) < 4.78 is 5.72. The first-order valence-electron chi connectivity index (χ1n) is 5.18. The molecule has 0 bridgehead atoms. The van der Waals surface area contributed by atoms with E-state index in [0.29, 0.717) is 0 Å². The molecule has 2 rings (SSSR count). The lowest BCUT2D eigenvalue weighted by molar-refractivity contribution is -0.141. The number of esters is 1. The highest BCUT2D eigenvalue weighted by Crippen LogP contribution is 2.31. The summed E-state index contributed by atoms with van der Waals surface area (Å²) in [4.78, 5) is 17.7. The van der Waals surface area contributed by atoms with Crippen LogP contribution in [0.15, 0.2) is 22.9 Å². The van der Waals surface area contributed by atoms with E-state index in [0.717, 1.165) is 29.5 Å². The molecule has 86 valence electrons. The van der Waals surface area contributed by atoms with Gasteiger partial charge in [-0.3, -0.25) is 4.98 Å². The van der Waals surface area contributed by atoms with Gasteiger partial charge in [-0.05, 0) is 34.8 Å². The van der Waals surface area contributed by atoms with Gasteiger partial charge >= 0.3 is 5.97 Å². The molecular formula is C11H13BrN2O2. The van der Waals surface area contributed by atoms with Crippen molar-refractivity contribution in [3.05, 3.63) is 22.9 Å². The molecule has 4 nitrogen and oxygen atoms in total. The van der Waals surface area contributed by atoms with E-state index in [1.165, 1.54) is 7.11 Å². The van der Waals surface area contributed by atoms with Crippen LogP contribution in [0.1, 0.15) is 12.8 Å². The zero-order valence-electron chi connectivity index (χ0n) is 9.02. The molecule has 1 saturated heterocycles. The first-order valence-corrected chi connectivity index (χ1v) is 5.97. The Morgan fingerprint density at radius 1 is 1.69 bits per heavy atom. The van der Waals surface area contributed by atoms with E-state index in [9.17, 15) is 4.79 Å². The van der Waals surface area contributed by atoms with Crippen LogP contribution in [-0.2, 0) is 9.53 Å². The van der Waals surface area contributed by atoms with Crippen molar-refractivity contribution in [3.63, 3.8) is 0 Å². The molecule has 0 N–H and O–H groups in total. The zero-order chi connectivity index (χ0) is 11.5. The summed E-state index contributed by atoms with van der Waals surface area (Å²) >= 11 is 3.45. The van der Waals surface area contributed by atoms with Gasteiger partial charge in [0.2, 0.25) is 0 Å². The third-order valence-corrected chi connectivity index (χ3v) is 3.40. The maximum atomic E-state index is 11.6. The van der Waals surface area contributed by atoms with Crippen molar-refractivity contribution in [2.75, 3.05) is 18.6 Å². The minimum absolute atomic E-state index is 0.163. The number of pyridine rings is 1. The lowest BCUT2D eigenvalue weighted by atomic mass is 10.2. The largest absolute Gasteiger partial charge is 0.467 e. The van der Waals surface area contributed by atoms with E-state index in [2.05, 4.69) is 25.8 Å². The smallest absolute Gasteiger partial charge is 0.328 e. The Hall–Kier alpha value is -1.10. The molecule has 1 aliphatic rings. The SMILES string of the molecule is COC(=O)C1CCCN1c1ccncc1Br. The molecule has 0 aliphatic carbocycles. The fourth-order valence-electron chi connectivity index (χ4n) is 2.04. The van der Waals surface area contributed by atoms with E-state index >= 15 is 0 Å². The Morgan fingerprint density at radius 3 is 3.19 bits per heavy atom. The van der Waals surface area contributed by atoms with Gasteiger partial charge in [-0.15, -0.1) is 0 Å². The van der Waals surface area contributed by atoms with Gasteiger partial charge in [-0.1, -0.05) is 0 Å². The van der Waals surface area contributed by atoms with Crippen molar-refractivity contribution in [2.45, 2.75) is 18.9 Å². The molecule has 2 heterocycles. The van der Waals surface area contributed by atoms with E-state index in [4.69, 9.17) is 4.74 Å². The predicted octanol–water partition coefficient (Wildman–Crippen LogP) is 1.99. The van der Waals surface area contributed by atoms with Crippen LogP contribution in [0.25, 0.3) is 0 Å². The monoisotopic (exact) mass is 284 g/mol. The van der Waals surface area contributed by atoms with Crippen molar-refractivity contribution >= 4 is 27.6 Å². The quantitative estimate of drug-likeness (QED) is 0.779. The average molecular weight is 285 g/mol. The first kappa shape index (κ1) is 11.4. The first-order chi connectivity index (χ1) is 7.74. The molecule has 1 unspecified atom stereocenters. The van der Waals surface area contributed by atoms with E-state index in [-0.39, 0.29) is 12.0 Å². The van der Waals surface area contributed by atoms with Crippen molar-refractivity contribution in [3.8, 4) is 0 Å². The van der Waals surface area contributed by atoms with Crippen LogP contribution in [0.4, 0.5) is 5.69 Å². The summed E-state index contributed by atoms with van der Waals surface area (Å²) in [5.41, 5.74) is 1.00. The summed E-state index contributed by atoms with van der Waals surface area (Å²) in [6, 6.07) is 1.74. The number of rotatable bonds is 2. The highest BCUT2D eigenvalue weighted by Gasteiger charge is 2.32. The van der Waals surface area contributed by atoms with Crippen LogP contribution < -0.4 is 4.90 Å². The normalized spacial score (nSPS) is 19.9. The molecule has 1 atom stereocenters. The Kier molecular flexibility index (Phi) is 3.43. The summed E-state index contributed by atoms with van der Waals surface area (Å²) in [6.07, 6.45) is 5.32. The molecule has 0 saturated carbocycles. The van der Waals surface area contributed by atoms with Crippen LogP contribution in [0.5, 0.6) is 0 Å². The topological polar surface area (TPSA) is 42.4 Å². The van der Waals surface area contributed by atoms with Gasteiger partial charge < -0.3 is 9.64 Å². The van der Waals surface area contributed by atoms with Crippen molar-refractivity contribution in [1.29, 1.82) is 0 Å². The fraction of sp³-hybridized carbons (Fsp3) is 0.455. The summed E-state index contributed by atoms with van der Waals surface area (Å²) in [5.74, 6) is -0.166. The van der Waals surface area contributed by atoms with Crippen molar-refractivity contribution in [1.82, 2.24) is 4.98 Å². The molecule has 0 aromatic carbocycles. The second kappa shape index (κ2) is 4.82. The maximum Gasteiger partial charge on any atom is 0.328 e. The molecular weight excluding hydrogens is 272 g/mol. The molecule has 5 heteroatoms. The number of hydrogen-bond donors (Lipinski definition) is 0. The number of halogens is 1. The summed E-state index contributed by atoms with van der Waals surface area (Å²) in [5, 5.41) is 0. The highest BCUT2D eigenvalue weighted by atomic mass is 79.9. The fourth-order valence-corrected chi connectivity index (χ4v) is 2.52. The highest BCUT2D eigenvalue weighted by molar-refractivity contribution is 9.10. The molecule has 0 amide bonds. The molecule has 1 aliphatic heterocycles. The molecule has 16 heavy (non-hydrogen) atoms. The number of aromatic nitrogens is 1. The average Bonchev–Trinajstić information content (AvgIpc) is 2.77. The van der Waals surface area contributed by atoms with Crippen LogP contribution in [0.2, 0.25) is 0 Å². The summed E-state index contributed by atoms with van der Waals surface area (Å²) in [7, 11) is 1.43. The van der Waals surface area contributed by atoms with Crippen molar-refractivity contribution in [2.24, 2.45) is 0 Å². The number of carbonyl (C=O) groups excluding carboxylic acids is 1. The minimum Gasteiger partial charge on any atom is -0.467 e.